The van der Waals surface area contributed by atoms with E-state index < -0.39 is 23.3 Å². The molecule has 0 aliphatic carbocycles. The molecule has 4 aromatic rings. The molecule has 0 aliphatic rings. The van der Waals surface area contributed by atoms with Crippen LogP contribution in [0.3, 0.4) is 0 Å². The predicted octanol–water partition coefficient (Wildman–Crippen LogP) is 6.23. The molecule has 0 saturated carbocycles. The fraction of sp³-hybridized carbons (Fsp3) is 0.370. The molecular weight excluding hydrogens is 483 g/mol. The average molecular weight is 514 g/mol. The Balaban J connectivity index is 1.84. The first-order valence-corrected chi connectivity index (χ1v) is 12.0. The fourth-order valence-electron chi connectivity index (χ4n) is 4.18. The molecular formula is C27H30F3N5O2. The topological polar surface area (TPSA) is 69.2 Å². The smallest absolute Gasteiger partial charge is 0.416 e. The van der Waals surface area contributed by atoms with Gasteiger partial charge in [-0.15, -0.1) is 5.10 Å². The molecule has 10 heteroatoms. The van der Waals surface area contributed by atoms with Crippen LogP contribution in [0.2, 0.25) is 0 Å². The Labute approximate surface area is 213 Å². The van der Waals surface area contributed by atoms with Crippen LogP contribution in [0.4, 0.5) is 13.2 Å². The number of alkyl halides is 3. The summed E-state index contributed by atoms with van der Waals surface area (Å²) < 4.78 is 54.0. The Morgan fingerprint density at radius 1 is 1.00 bits per heavy atom. The van der Waals surface area contributed by atoms with Crippen LogP contribution in [-0.2, 0) is 24.8 Å². The van der Waals surface area contributed by atoms with Crippen molar-refractivity contribution in [3.05, 3.63) is 95.2 Å². The van der Waals surface area contributed by atoms with E-state index in [2.05, 4.69) is 15.5 Å². The van der Waals surface area contributed by atoms with Gasteiger partial charge in [-0.3, -0.25) is 4.90 Å². The number of halogens is 3. The van der Waals surface area contributed by atoms with E-state index in [0.29, 0.717) is 36.8 Å². The minimum absolute atomic E-state index is 0.318. The summed E-state index contributed by atoms with van der Waals surface area (Å²) in [4.78, 5) is 2.01. The molecule has 2 aromatic heterocycles. The van der Waals surface area contributed by atoms with Gasteiger partial charge < -0.3 is 9.15 Å². The maximum Gasteiger partial charge on any atom is 0.416 e. The third kappa shape index (κ3) is 6.37. The zero-order valence-corrected chi connectivity index (χ0v) is 21.2. The zero-order chi connectivity index (χ0) is 26.6. The lowest BCUT2D eigenvalue weighted by Crippen LogP contribution is -2.35. The Morgan fingerprint density at radius 2 is 1.76 bits per heavy atom. The zero-order valence-electron chi connectivity index (χ0n) is 21.2. The second kappa shape index (κ2) is 10.8. The third-order valence-corrected chi connectivity index (χ3v) is 5.83. The standard InChI is InChI=1S/C27H30F3N5O2/c1-5-36-22-13-11-19(12-14-22)17-34(18-23-10-7-15-37-23)24(25-31-32-33-35(25)26(2,3)4)20-8-6-9-21(16-20)27(28,29)30/h6-16,24H,5,17-18H2,1-4H3/t24-/m1/s1. The van der Waals surface area contributed by atoms with E-state index >= 15 is 0 Å². The van der Waals surface area contributed by atoms with Crippen LogP contribution < -0.4 is 4.74 Å². The molecule has 0 unspecified atom stereocenters. The summed E-state index contributed by atoms with van der Waals surface area (Å²) >= 11 is 0. The number of nitrogens with zero attached hydrogens (tertiary/aromatic N) is 5. The first kappa shape index (κ1) is 26.4. The van der Waals surface area contributed by atoms with E-state index in [9.17, 15) is 13.2 Å². The minimum Gasteiger partial charge on any atom is -0.494 e. The van der Waals surface area contributed by atoms with Crippen LogP contribution in [0.25, 0.3) is 0 Å². The number of tetrazole rings is 1. The van der Waals surface area contributed by atoms with Crippen molar-refractivity contribution >= 4 is 0 Å². The number of aromatic nitrogens is 4. The van der Waals surface area contributed by atoms with Gasteiger partial charge >= 0.3 is 6.18 Å². The molecule has 0 aliphatic heterocycles. The highest BCUT2D eigenvalue weighted by molar-refractivity contribution is 5.33. The average Bonchev–Trinajstić information content (AvgIpc) is 3.53. The normalized spacial score (nSPS) is 13.2. The van der Waals surface area contributed by atoms with Gasteiger partial charge in [0.25, 0.3) is 0 Å². The van der Waals surface area contributed by atoms with E-state index in [0.717, 1.165) is 17.4 Å². The Kier molecular flexibility index (Phi) is 7.68. The van der Waals surface area contributed by atoms with Gasteiger partial charge in [-0.05, 0) is 85.6 Å². The Bertz CT molecular complexity index is 1280. The molecule has 0 saturated heterocycles. The third-order valence-electron chi connectivity index (χ3n) is 5.83. The molecule has 2 aromatic carbocycles. The van der Waals surface area contributed by atoms with Crippen molar-refractivity contribution in [1.82, 2.24) is 25.1 Å². The molecule has 37 heavy (non-hydrogen) atoms. The number of ether oxygens (including phenoxy) is 1. The number of hydrogen-bond donors (Lipinski definition) is 0. The van der Waals surface area contributed by atoms with Crippen molar-refractivity contribution < 1.29 is 22.3 Å². The molecule has 196 valence electrons. The molecule has 0 spiro atoms. The lowest BCUT2D eigenvalue weighted by Gasteiger charge is -2.33. The van der Waals surface area contributed by atoms with Crippen LogP contribution in [-0.4, -0.2) is 31.7 Å². The molecule has 0 bridgehead atoms. The van der Waals surface area contributed by atoms with E-state index in [-0.39, 0.29) is 0 Å². The van der Waals surface area contributed by atoms with Gasteiger partial charge in [0.05, 0.1) is 36.6 Å². The minimum atomic E-state index is -4.49. The number of rotatable bonds is 9. The molecule has 0 fully saturated rings. The van der Waals surface area contributed by atoms with Crippen molar-refractivity contribution in [2.45, 2.75) is 58.5 Å². The van der Waals surface area contributed by atoms with Crippen molar-refractivity contribution in [2.24, 2.45) is 0 Å². The van der Waals surface area contributed by atoms with Gasteiger partial charge in [-0.2, -0.15) is 13.2 Å². The van der Waals surface area contributed by atoms with Gasteiger partial charge in [-0.1, -0.05) is 24.3 Å². The van der Waals surface area contributed by atoms with Gasteiger partial charge in [0, 0.05) is 6.54 Å². The van der Waals surface area contributed by atoms with Crippen molar-refractivity contribution in [3.8, 4) is 5.75 Å². The van der Waals surface area contributed by atoms with E-state index in [1.165, 1.54) is 12.1 Å². The highest BCUT2D eigenvalue weighted by Gasteiger charge is 2.35. The first-order valence-electron chi connectivity index (χ1n) is 12.0. The number of furan rings is 1. The van der Waals surface area contributed by atoms with Crippen molar-refractivity contribution in [2.75, 3.05) is 6.61 Å². The summed E-state index contributed by atoms with van der Waals surface area (Å²) in [6.45, 7) is 9.01. The van der Waals surface area contributed by atoms with E-state index in [1.807, 2.05) is 62.9 Å². The summed E-state index contributed by atoms with van der Waals surface area (Å²) in [6, 6.07) is 15.9. The Morgan fingerprint density at radius 3 is 2.38 bits per heavy atom. The number of benzene rings is 2. The second-order valence-corrected chi connectivity index (χ2v) is 9.71. The van der Waals surface area contributed by atoms with Crippen LogP contribution in [0, 0.1) is 0 Å². The Hall–Kier alpha value is -3.66. The maximum atomic E-state index is 13.7. The molecule has 7 nitrogen and oxygen atoms in total. The molecule has 2 heterocycles. The van der Waals surface area contributed by atoms with Gasteiger partial charge in [0.1, 0.15) is 11.5 Å². The largest absolute Gasteiger partial charge is 0.494 e. The number of hydrogen-bond acceptors (Lipinski definition) is 6. The molecule has 4 rings (SSSR count). The van der Waals surface area contributed by atoms with Crippen LogP contribution >= 0.6 is 0 Å². The molecule has 0 radical (unpaired) electrons. The lowest BCUT2D eigenvalue weighted by molar-refractivity contribution is -0.137. The first-order chi connectivity index (χ1) is 17.6. The van der Waals surface area contributed by atoms with E-state index in [1.54, 1.807) is 23.1 Å². The maximum absolute atomic E-state index is 13.7. The molecule has 0 N–H and O–H groups in total. The van der Waals surface area contributed by atoms with Crippen LogP contribution in [0.5, 0.6) is 5.75 Å². The summed E-state index contributed by atoms with van der Waals surface area (Å²) in [7, 11) is 0. The highest BCUT2D eigenvalue weighted by Crippen LogP contribution is 2.36. The predicted molar refractivity (Wildman–Crippen MR) is 132 cm³/mol. The molecule has 0 amide bonds. The summed E-state index contributed by atoms with van der Waals surface area (Å²) in [6.07, 6.45) is -2.92. The van der Waals surface area contributed by atoms with E-state index in [4.69, 9.17) is 9.15 Å². The SMILES string of the molecule is CCOc1ccc(CN(Cc2ccco2)[C@H](c2cccc(C(F)(F)F)c2)c2nnnn2C(C)(C)C)cc1. The van der Waals surface area contributed by atoms with Crippen molar-refractivity contribution in [3.63, 3.8) is 0 Å². The van der Waals surface area contributed by atoms with Gasteiger partial charge in [0.2, 0.25) is 0 Å². The van der Waals surface area contributed by atoms with Crippen LogP contribution in [0.1, 0.15) is 62.0 Å². The summed E-state index contributed by atoms with van der Waals surface area (Å²) in [5.74, 6) is 1.84. The molecule has 1 atom stereocenters. The monoisotopic (exact) mass is 513 g/mol. The van der Waals surface area contributed by atoms with Crippen LogP contribution in [0.15, 0.2) is 71.3 Å². The summed E-state index contributed by atoms with van der Waals surface area (Å²) in [5.41, 5.74) is 0.131. The highest BCUT2D eigenvalue weighted by atomic mass is 19.4. The quantitative estimate of drug-likeness (QED) is 0.264. The second-order valence-electron chi connectivity index (χ2n) is 9.71. The summed E-state index contributed by atoms with van der Waals surface area (Å²) in [5, 5.41) is 12.4. The fourth-order valence-corrected chi connectivity index (χ4v) is 4.18. The lowest BCUT2D eigenvalue weighted by atomic mass is 9.99. The van der Waals surface area contributed by atoms with Gasteiger partial charge in [0.15, 0.2) is 5.82 Å². The van der Waals surface area contributed by atoms with Crippen molar-refractivity contribution in [1.29, 1.82) is 0 Å². The van der Waals surface area contributed by atoms with Gasteiger partial charge in [-0.25, -0.2) is 4.68 Å².